The van der Waals surface area contributed by atoms with Crippen molar-refractivity contribution in [3.63, 3.8) is 0 Å². The van der Waals surface area contributed by atoms with Crippen LogP contribution in [0.3, 0.4) is 0 Å². The Bertz CT molecular complexity index is 749. The van der Waals surface area contributed by atoms with Gasteiger partial charge in [-0.05, 0) is 38.8 Å². The van der Waals surface area contributed by atoms with E-state index in [1.807, 2.05) is 24.3 Å². The van der Waals surface area contributed by atoms with Crippen LogP contribution in [0.2, 0.25) is 5.02 Å². The van der Waals surface area contributed by atoms with Gasteiger partial charge in [-0.1, -0.05) is 29.8 Å². The van der Waals surface area contributed by atoms with Gasteiger partial charge < -0.3 is 10.2 Å². The maximum absolute atomic E-state index is 12.6. The van der Waals surface area contributed by atoms with E-state index in [1.54, 1.807) is 6.20 Å². The van der Waals surface area contributed by atoms with Crippen molar-refractivity contribution in [3.8, 4) is 0 Å². The van der Waals surface area contributed by atoms with E-state index in [-0.39, 0.29) is 11.9 Å². The van der Waals surface area contributed by atoms with Crippen LogP contribution in [0, 0.1) is 0 Å². The van der Waals surface area contributed by atoms with Gasteiger partial charge in [0.2, 0.25) is 0 Å². The summed E-state index contributed by atoms with van der Waals surface area (Å²) in [4.78, 5) is 19.5. The average molecular weight is 330 g/mol. The molecule has 2 fully saturated rings. The first-order valence-corrected chi connectivity index (χ1v) is 8.57. The molecule has 1 N–H and O–H groups in total. The molecule has 4 nitrogen and oxygen atoms in total. The highest BCUT2D eigenvalue weighted by Gasteiger charge is 2.38. The Morgan fingerprint density at radius 1 is 1.26 bits per heavy atom. The van der Waals surface area contributed by atoms with Crippen molar-refractivity contribution < 1.29 is 4.79 Å². The number of fused-ring (bicyclic) bond motifs is 3. The first kappa shape index (κ1) is 14.9. The van der Waals surface area contributed by atoms with E-state index in [1.165, 1.54) is 12.8 Å². The number of aromatic nitrogens is 1. The molecular formula is C18H20ClN3O. The second-order valence-electron chi connectivity index (χ2n) is 6.70. The molecule has 2 unspecified atom stereocenters. The second-order valence-corrected chi connectivity index (χ2v) is 7.07. The van der Waals surface area contributed by atoms with Gasteiger partial charge in [-0.2, -0.15) is 0 Å². The summed E-state index contributed by atoms with van der Waals surface area (Å²) in [5.74, 6) is -0.109. The number of rotatable bonds is 2. The number of piperidine rings is 1. The van der Waals surface area contributed by atoms with Crippen LogP contribution < -0.4 is 5.32 Å². The molecule has 1 aromatic heterocycles. The summed E-state index contributed by atoms with van der Waals surface area (Å²) in [5.41, 5.74) is 1.28. The number of pyridine rings is 1. The molecule has 0 saturated carbocycles. The van der Waals surface area contributed by atoms with Crippen LogP contribution in [0.25, 0.3) is 10.9 Å². The number of nitrogens with zero attached hydrogens (tertiary/aromatic N) is 2. The lowest BCUT2D eigenvalue weighted by atomic mass is 9.97. The maximum Gasteiger partial charge on any atom is 0.254 e. The molecule has 2 aliphatic rings. The third-order valence-electron chi connectivity index (χ3n) is 5.39. The first-order chi connectivity index (χ1) is 11.1. The highest BCUT2D eigenvalue weighted by atomic mass is 35.5. The van der Waals surface area contributed by atoms with Crippen molar-refractivity contribution in [1.82, 2.24) is 15.2 Å². The van der Waals surface area contributed by atoms with Crippen LogP contribution in [-0.2, 0) is 0 Å². The minimum atomic E-state index is -0.109. The number of carbonyl (C=O) groups is 1. The van der Waals surface area contributed by atoms with E-state index in [9.17, 15) is 4.79 Å². The lowest BCUT2D eigenvalue weighted by Gasteiger charge is -2.36. The minimum Gasteiger partial charge on any atom is -0.349 e. The van der Waals surface area contributed by atoms with Crippen molar-refractivity contribution in [2.45, 2.75) is 43.8 Å². The van der Waals surface area contributed by atoms with E-state index >= 15 is 0 Å². The summed E-state index contributed by atoms with van der Waals surface area (Å²) < 4.78 is 0. The third-order valence-corrected chi connectivity index (χ3v) is 5.80. The van der Waals surface area contributed by atoms with E-state index in [0.717, 1.165) is 23.7 Å². The Hall–Kier alpha value is -1.65. The Morgan fingerprint density at radius 2 is 1.96 bits per heavy atom. The molecule has 2 aliphatic heterocycles. The molecule has 2 saturated heterocycles. The van der Waals surface area contributed by atoms with Gasteiger partial charge in [-0.25, -0.2) is 0 Å². The van der Waals surface area contributed by atoms with E-state index in [4.69, 9.17) is 11.6 Å². The summed E-state index contributed by atoms with van der Waals surface area (Å²) in [6.07, 6.45) is 6.12. The van der Waals surface area contributed by atoms with E-state index < -0.39 is 0 Å². The summed E-state index contributed by atoms with van der Waals surface area (Å²) in [5, 5.41) is 4.49. The number of hydrogen-bond donors (Lipinski definition) is 1. The number of hydrogen-bond acceptors (Lipinski definition) is 3. The van der Waals surface area contributed by atoms with Gasteiger partial charge in [-0.15, -0.1) is 0 Å². The van der Waals surface area contributed by atoms with Gasteiger partial charge >= 0.3 is 0 Å². The SMILES string of the molecule is CN1C2CCC1CC(NC(=O)c1cnc3ccccc3c1Cl)C2. The summed E-state index contributed by atoms with van der Waals surface area (Å²) in [7, 11) is 2.20. The highest BCUT2D eigenvalue weighted by molar-refractivity contribution is 6.38. The zero-order valence-corrected chi connectivity index (χ0v) is 13.9. The van der Waals surface area contributed by atoms with Gasteiger partial charge in [0.05, 0.1) is 16.1 Å². The molecule has 0 spiro atoms. The third kappa shape index (κ3) is 2.60. The van der Waals surface area contributed by atoms with Gasteiger partial charge in [0.1, 0.15) is 0 Å². The topological polar surface area (TPSA) is 45.2 Å². The zero-order chi connectivity index (χ0) is 16.0. The quantitative estimate of drug-likeness (QED) is 0.920. The summed E-state index contributed by atoms with van der Waals surface area (Å²) in [6, 6.07) is 9.06. The van der Waals surface area contributed by atoms with Crippen molar-refractivity contribution in [1.29, 1.82) is 0 Å². The predicted molar refractivity (Wildman–Crippen MR) is 91.8 cm³/mol. The molecule has 2 bridgehead atoms. The Morgan fingerprint density at radius 3 is 2.70 bits per heavy atom. The molecule has 1 amide bonds. The van der Waals surface area contributed by atoms with Crippen molar-refractivity contribution in [2.24, 2.45) is 0 Å². The maximum atomic E-state index is 12.6. The van der Waals surface area contributed by atoms with Gasteiger partial charge in [-0.3, -0.25) is 9.78 Å². The molecule has 120 valence electrons. The molecular weight excluding hydrogens is 310 g/mol. The fraction of sp³-hybridized carbons (Fsp3) is 0.444. The Kier molecular flexibility index (Phi) is 3.74. The second kappa shape index (κ2) is 5.77. The van der Waals surface area contributed by atoms with Gasteiger partial charge in [0.15, 0.2) is 0 Å². The van der Waals surface area contributed by atoms with Crippen LogP contribution in [0.5, 0.6) is 0 Å². The zero-order valence-electron chi connectivity index (χ0n) is 13.1. The van der Waals surface area contributed by atoms with Crippen LogP contribution >= 0.6 is 11.6 Å². The Labute approximate surface area is 140 Å². The first-order valence-electron chi connectivity index (χ1n) is 8.19. The van der Waals surface area contributed by atoms with Crippen molar-refractivity contribution >= 4 is 28.4 Å². The smallest absolute Gasteiger partial charge is 0.254 e. The molecule has 2 atom stereocenters. The van der Waals surface area contributed by atoms with Crippen LogP contribution in [0.4, 0.5) is 0 Å². The number of nitrogens with one attached hydrogen (secondary N) is 1. The normalized spacial score (nSPS) is 27.3. The molecule has 4 rings (SSSR count). The number of para-hydroxylation sites is 1. The number of halogens is 1. The summed E-state index contributed by atoms with van der Waals surface area (Å²) >= 11 is 6.44. The van der Waals surface area contributed by atoms with Gasteiger partial charge in [0.25, 0.3) is 5.91 Å². The van der Waals surface area contributed by atoms with Crippen molar-refractivity contribution in [2.75, 3.05) is 7.05 Å². The molecule has 0 radical (unpaired) electrons. The molecule has 3 heterocycles. The molecule has 0 aliphatic carbocycles. The Balaban J connectivity index is 1.55. The van der Waals surface area contributed by atoms with Crippen LogP contribution in [0.1, 0.15) is 36.0 Å². The molecule has 1 aromatic carbocycles. The van der Waals surface area contributed by atoms with Crippen LogP contribution in [-0.4, -0.2) is 41.0 Å². The number of carbonyl (C=O) groups excluding carboxylic acids is 1. The van der Waals surface area contributed by atoms with E-state index in [2.05, 4.69) is 22.2 Å². The standard InChI is InChI=1S/C18H20ClN3O/c1-22-12-6-7-13(22)9-11(8-12)21-18(23)15-10-20-16-5-3-2-4-14(16)17(15)19/h2-5,10-13H,6-9H2,1H3,(H,21,23). The monoisotopic (exact) mass is 329 g/mol. The fourth-order valence-electron chi connectivity index (χ4n) is 4.06. The minimum absolute atomic E-state index is 0.109. The largest absolute Gasteiger partial charge is 0.349 e. The molecule has 2 aromatic rings. The van der Waals surface area contributed by atoms with Gasteiger partial charge in [0, 0.05) is 29.7 Å². The predicted octanol–water partition coefficient (Wildman–Crippen LogP) is 3.24. The molecule has 5 heteroatoms. The summed E-state index contributed by atoms with van der Waals surface area (Å²) in [6.45, 7) is 0. The number of amides is 1. The van der Waals surface area contributed by atoms with Crippen molar-refractivity contribution in [3.05, 3.63) is 41.0 Å². The fourth-order valence-corrected chi connectivity index (χ4v) is 4.35. The lowest BCUT2D eigenvalue weighted by Crippen LogP contribution is -2.48. The van der Waals surface area contributed by atoms with Crippen LogP contribution in [0.15, 0.2) is 30.5 Å². The molecule has 23 heavy (non-hydrogen) atoms. The lowest BCUT2D eigenvalue weighted by molar-refractivity contribution is 0.0882. The highest BCUT2D eigenvalue weighted by Crippen LogP contribution is 2.34. The number of benzene rings is 1. The average Bonchev–Trinajstić information content (AvgIpc) is 2.77. The van der Waals surface area contributed by atoms with E-state index in [0.29, 0.717) is 22.7 Å².